The van der Waals surface area contributed by atoms with E-state index in [1.54, 1.807) is 20.1 Å². The number of oxime groups is 1. The minimum absolute atomic E-state index is 0.0201. The number of carboxylic acid groups (broad SMARTS) is 1. The zero-order valence-electron chi connectivity index (χ0n) is 49.5. The standard InChI is InChI=1S/C56H84N12O16S3/c1-5-31(2)46-56(82)68-18-11-13-42(68)53(79)66-47(32(3)69)54(80)63-39(48(58)74)29-86-27-33-22-34-24-35(23-33)83-19-8-6-7-9-20-84-59-26-44(71)60-36(14-15-43(57)70)49(75)64-40(30-87-28-34)55(81)67-17-10-12-41(67)52(78)61-37(16-21-85-4)50(76)62-38(25-45(72)73)51(77)65-46/h22-24,26,31-32,36-42,46-47,69H,5-21,25,27-30H2,1-4H3,(H2,57,70)(H2,58,74)(H,60,71)(H,61,78)(H,62,76)(H,63,80)(H,64,75)(H,65,77)(H,66,79)(H,72,73)/b59-26+/t31-,32+,36-,37-,38-,39-,40-,41-,42-,46-,47-/m0/s1. The number of hydrogen-bond acceptors (Lipinski definition) is 19. The Bertz CT molecular complexity index is 2660. The number of fused-ring (bicyclic) bond motifs is 7. The summed E-state index contributed by atoms with van der Waals surface area (Å²) in [6.07, 6.45) is 3.46. The molecule has 0 saturated carbocycles. The highest BCUT2D eigenvalue weighted by atomic mass is 32.2. The molecular weight excluding hydrogens is 1190 g/mol. The lowest BCUT2D eigenvalue weighted by molar-refractivity contribution is -0.145. The molecule has 1 aromatic carbocycles. The first-order chi connectivity index (χ1) is 41.5. The largest absolute Gasteiger partial charge is 0.494 e. The van der Waals surface area contributed by atoms with E-state index in [1.165, 1.54) is 52.0 Å². The first kappa shape index (κ1) is 70.9. The number of carbonyl (C=O) groups is 12. The third-order valence-electron chi connectivity index (χ3n) is 15.1. The molecule has 2 saturated heterocycles. The molecule has 2 fully saturated rings. The van der Waals surface area contributed by atoms with E-state index < -0.39 is 144 Å². The molecule has 4 aliphatic rings. The van der Waals surface area contributed by atoms with Crippen LogP contribution in [0.5, 0.6) is 5.75 Å². The average Bonchev–Trinajstić information content (AvgIpc) is 2.57. The maximum Gasteiger partial charge on any atom is 0.305 e. The summed E-state index contributed by atoms with van der Waals surface area (Å²) in [7, 11) is 0. The molecule has 482 valence electrons. The Hall–Kier alpha value is -6.86. The number of carbonyl (C=O) groups excluding carboxylic acids is 11. The molecule has 0 radical (unpaired) electrons. The topological polar surface area (TPSA) is 419 Å². The Morgan fingerprint density at radius 1 is 0.690 bits per heavy atom. The van der Waals surface area contributed by atoms with Crippen LogP contribution in [-0.4, -0.2) is 207 Å². The van der Waals surface area contributed by atoms with Crippen molar-refractivity contribution in [3.8, 4) is 5.75 Å². The molecule has 11 amide bonds. The van der Waals surface area contributed by atoms with Gasteiger partial charge < -0.3 is 78.3 Å². The second-order valence-electron chi connectivity index (χ2n) is 21.9. The van der Waals surface area contributed by atoms with Crippen molar-refractivity contribution in [2.45, 2.75) is 176 Å². The van der Waals surface area contributed by atoms with Gasteiger partial charge in [-0.25, -0.2) is 0 Å². The number of benzene rings is 1. The molecular formula is C56H84N12O16S3. The zero-order chi connectivity index (χ0) is 63.7. The van der Waals surface area contributed by atoms with Crippen molar-refractivity contribution in [2.24, 2.45) is 22.5 Å². The van der Waals surface area contributed by atoms with E-state index in [-0.39, 0.29) is 74.8 Å². The van der Waals surface area contributed by atoms with Crippen molar-refractivity contribution >= 4 is 112 Å². The van der Waals surface area contributed by atoms with Gasteiger partial charge in [-0.15, -0.1) is 0 Å². The van der Waals surface area contributed by atoms with E-state index in [0.717, 1.165) is 30.2 Å². The third-order valence-corrected chi connectivity index (χ3v) is 18.0. The highest BCUT2D eigenvalue weighted by molar-refractivity contribution is 7.99. The average molecular weight is 1280 g/mol. The van der Waals surface area contributed by atoms with Gasteiger partial charge in [0.25, 0.3) is 5.91 Å². The monoisotopic (exact) mass is 1280 g/mol. The summed E-state index contributed by atoms with van der Waals surface area (Å²) in [5.74, 6) is -10.4. The van der Waals surface area contributed by atoms with Crippen LogP contribution in [0.4, 0.5) is 0 Å². The molecule has 13 N–H and O–H groups in total. The van der Waals surface area contributed by atoms with E-state index in [0.29, 0.717) is 50.2 Å². The van der Waals surface area contributed by atoms with Crippen molar-refractivity contribution in [1.29, 1.82) is 0 Å². The molecule has 11 atom stereocenters. The Labute approximate surface area is 518 Å². The lowest BCUT2D eigenvalue weighted by atomic mass is 9.96. The fourth-order valence-corrected chi connectivity index (χ4v) is 12.6. The van der Waals surface area contributed by atoms with Gasteiger partial charge in [-0.3, -0.25) is 57.5 Å². The lowest BCUT2D eigenvalue weighted by Gasteiger charge is -2.33. The molecule has 87 heavy (non-hydrogen) atoms. The summed E-state index contributed by atoms with van der Waals surface area (Å²) in [5, 5.41) is 42.7. The fourth-order valence-electron chi connectivity index (χ4n) is 10.2. The second kappa shape index (κ2) is 35.8. The van der Waals surface area contributed by atoms with Crippen molar-refractivity contribution in [1.82, 2.24) is 47.0 Å². The van der Waals surface area contributed by atoms with Gasteiger partial charge in [0.1, 0.15) is 72.9 Å². The summed E-state index contributed by atoms with van der Waals surface area (Å²) in [6.45, 7) is 5.23. The third kappa shape index (κ3) is 22.4. The summed E-state index contributed by atoms with van der Waals surface area (Å²) in [5.41, 5.74) is 12.7. The van der Waals surface area contributed by atoms with E-state index >= 15 is 0 Å². The Kier molecular flexibility index (Phi) is 29.2. The number of ether oxygens (including phenoxy) is 1. The number of primary amides is 2. The van der Waals surface area contributed by atoms with Gasteiger partial charge in [0.05, 0.1) is 19.1 Å². The van der Waals surface area contributed by atoms with Crippen LogP contribution >= 0.6 is 35.3 Å². The maximum atomic E-state index is 15.0. The number of thioether (sulfide) groups is 3. The van der Waals surface area contributed by atoms with E-state index in [4.69, 9.17) is 21.0 Å². The SMILES string of the molecule is CC[C@H](C)[C@@H]1NC(=O)[C@H](CC(=O)O)NC(=O)[C@H](CCSC)NC(=O)[C@@H]2CCCN2C(=O)[C@@H]2CSCc3cc(cc(c3)OCCCCCCO/N=C/C(=O)N[C@@H](CCC(N)=O)C(=O)N2)CSC[C@@H](C(N)=O)NC(=O)[C@H]([C@@H](C)O)NC(=O)[C@@H]2CCCN2C1=O. The van der Waals surface area contributed by atoms with E-state index in [1.807, 2.05) is 18.2 Å². The summed E-state index contributed by atoms with van der Waals surface area (Å²) in [6, 6.07) is -7.17. The molecule has 4 heterocycles. The molecule has 0 unspecified atom stereocenters. The van der Waals surface area contributed by atoms with Crippen molar-refractivity contribution in [3.63, 3.8) is 0 Å². The van der Waals surface area contributed by atoms with Crippen LogP contribution in [0.2, 0.25) is 0 Å². The van der Waals surface area contributed by atoms with Gasteiger partial charge in [0, 0.05) is 42.5 Å². The van der Waals surface area contributed by atoms with Crippen molar-refractivity contribution in [2.75, 3.05) is 49.8 Å². The number of amides is 11. The van der Waals surface area contributed by atoms with Gasteiger partial charge in [-0.05, 0) is 112 Å². The number of hydrogen-bond donors (Lipinski definition) is 11. The molecule has 0 spiro atoms. The summed E-state index contributed by atoms with van der Waals surface area (Å²) < 4.78 is 6.24. The summed E-state index contributed by atoms with van der Waals surface area (Å²) >= 11 is 3.79. The van der Waals surface area contributed by atoms with E-state index in [2.05, 4.69) is 42.4 Å². The minimum atomic E-state index is -1.80. The number of nitrogens with one attached hydrogen (secondary N) is 7. The van der Waals surface area contributed by atoms with Gasteiger partial charge in [0.2, 0.25) is 59.1 Å². The van der Waals surface area contributed by atoms with Crippen LogP contribution < -0.4 is 53.4 Å². The van der Waals surface area contributed by atoms with Crippen LogP contribution in [0.3, 0.4) is 0 Å². The zero-order valence-corrected chi connectivity index (χ0v) is 52.0. The van der Waals surface area contributed by atoms with Crippen LogP contribution in [-0.2, 0) is 73.9 Å². The van der Waals surface area contributed by atoms with Gasteiger partial charge in [-0.1, -0.05) is 31.5 Å². The van der Waals surface area contributed by atoms with Crippen LogP contribution in [0.25, 0.3) is 0 Å². The molecule has 28 nitrogen and oxygen atoms in total. The van der Waals surface area contributed by atoms with Crippen LogP contribution in [0.15, 0.2) is 23.4 Å². The Morgan fingerprint density at radius 3 is 1.87 bits per heavy atom. The highest BCUT2D eigenvalue weighted by Crippen LogP contribution is 2.28. The minimum Gasteiger partial charge on any atom is -0.494 e. The normalized spacial score (nSPS) is 27.3. The molecule has 1 aromatic rings. The molecule has 4 aliphatic heterocycles. The predicted molar refractivity (Wildman–Crippen MR) is 324 cm³/mol. The van der Waals surface area contributed by atoms with Crippen LogP contribution in [0.1, 0.15) is 115 Å². The number of aliphatic hydroxyl groups is 1. The number of nitrogens with two attached hydrogens (primary N) is 2. The van der Waals surface area contributed by atoms with Gasteiger partial charge in [-0.2, -0.15) is 35.3 Å². The Morgan fingerprint density at radius 2 is 1.26 bits per heavy atom. The maximum absolute atomic E-state index is 15.0. The first-order valence-corrected chi connectivity index (χ1v) is 33.0. The van der Waals surface area contributed by atoms with Crippen molar-refractivity contribution in [3.05, 3.63) is 29.3 Å². The lowest BCUT2D eigenvalue weighted by Crippen LogP contribution is -2.62. The van der Waals surface area contributed by atoms with Gasteiger partial charge >= 0.3 is 5.97 Å². The highest BCUT2D eigenvalue weighted by Gasteiger charge is 2.43. The van der Waals surface area contributed by atoms with Crippen LogP contribution in [0, 0.1) is 5.92 Å². The number of rotatable bonds is 12. The summed E-state index contributed by atoms with van der Waals surface area (Å²) in [4.78, 5) is 173. The number of carboxylic acids is 1. The fraction of sp³-hybridized carbons (Fsp3) is 0.661. The predicted octanol–water partition coefficient (Wildman–Crippen LogP) is -1.10. The van der Waals surface area contributed by atoms with Crippen molar-refractivity contribution < 1.29 is 77.3 Å². The van der Waals surface area contributed by atoms with Gasteiger partial charge in [0.15, 0.2) is 0 Å². The molecule has 5 rings (SSSR count). The quantitative estimate of drug-likeness (QED) is 0.118. The number of aliphatic carboxylic acids is 1. The smallest absolute Gasteiger partial charge is 0.305 e. The molecule has 0 aromatic heterocycles. The Balaban J connectivity index is 1.58. The molecule has 0 aliphatic carbocycles. The second-order valence-corrected chi connectivity index (χ2v) is 25.0. The van der Waals surface area contributed by atoms with E-state index in [9.17, 15) is 67.7 Å². The first-order valence-electron chi connectivity index (χ1n) is 29.3. The molecule has 4 bridgehead atoms. The number of nitrogens with zero attached hydrogens (tertiary/aromatic N) is 3. The molecule has 31 heteroatoms. The number of aliphatic hydroxyl groups excluding tert-OH is 1.